The van der Waals surface area contributed by atoms with E-state index in [1.54, 1.807) is 0 Å². The van der Waals surface area contributed by atoms with E-state index in [0.717, 1.165) is 6.20 Å². The second-order valence-corrected chi connectivity index (χ2v) is 5.06. The summed E-state index contributed by atoms with van der Waals surface area (Å²) >= 11 is 0. The Balaban J connectivity index is 3.73. The number of rotatable bonds is 2. The molecule has 0 aromatic carbocycles. The highest BCUT2D eigenvalue weighted by Crippen LogP contribution is 2.24. The fraction of sp³-hybridized carbons (Fsp3) is 0.167. The lowest BCUT2D eigenvalue weighted by Crippen LogP contribution is -2.19. The molecule has 0 saturated heterocycles. The third-order valence-corrected chi connectivity index (χ3v) is 2.91. The molecule has 0 aliphatic heterocycles. The first-order chi connectivity index (χ1) is 6.75. The van der Waals surface area contributed by atoms with Crippen molar-refractivity contribution in [3.05, 3.63) is 22.1 Å². The monoisotopic (exact) mass is 258 g/mol. The number of H-pyrrole nitrogens is 1. The Morgan fingerprint density at radius 2 is 2.00 bits per heavy atom. The molecule has 15 heavy (non-hydrogen) atoms. The molecule has 0 radical (unpaired) electrons. The number of nitrogen functional groups attached to an aromatic ring is 1. The van der Waals surface area contributed by atoms with Crippen LogP contribution >= 0.6 is 10.7 Å². The van der Waals surface area contributed by atoms with E-state index in [9.17, 15) is 22.0 Å². The molecule has 0 saturated carbocycles. The summed E-state index contributed by atoms with van der Waals surface area (Å²) in [5.41, 5.74) is 2.27. The van der Waals surface area contributed by atoms with Crippen molar-refractivity contribution in [1.82, 2.24) is 4.98 Å². The molecule has 0 spiro atoms. The van der Waals surface area contributed by atoms with Gasteiger partial charge in [-0.25, -0.2) is 17.2 Å². The molecule has 1 aromatic heterocycles. The normalized spacial score (nSPS) is 12.0. The molecule has 0 aliphatic carbocycles. The van der Waals surface area contributed by atoms with Crippen LogP contribution in [0.25, 0.3) is 0 Å². The van der Waals surface area contributed by atoms with Gasteiger partial charge >= 0.3 is 0 Å². The Morgan fingerprint density at radius 1 is 1.47 bits per heavy atom. The minimum Gasteiger partial charge on any atom is -0.394 e. The van der Waals surface area contributed by atoms with Gasteiger partial charge < -0.3 is 10.7 Å². The summed E-state index contributed by atoms with van der Waals surface area (Å²) in [7, 11) is 0.285. The molecule has 3 N–H and O–H groups in total. The first-order valence-corrected chi connectivity index (χ1v) is 5.80. The molecule has 9 heteroatoms. The molecular formula is C6H5ClF2N2O3S. The zero-order chi connectivity index (χ0) is 11.8. The van der Waals surface area contributed by atoms with E-state index in [1.807, 2.05) is 4.98 Å². The fourth-order valence-electron chi connectivity index (χ4n) is 0.944. The van der Waals surface area contributed by atoms with Gasteiger partial charge in [-0.1, -0.05) is 0 Å². The van der Waals surface area contributed by atoms with E-state index in [1.165, 1.54) is 0 Å². The topological polar surface area (TPSA) is 93.0 Å². The SMILES string of the molecule is Nc1c[nH]c(C(F)F)c(S(=O)(=O)Cl)c1=O. The molecule has 1 rings (SSSR count). The maximum absolute atomic E-state index is 12.3. The number of hydrogen-bond acceptors (Lipinski definition) is 4. The highest BCUT2D eigenvalue weighted by molar-refractivity contribution is 8.13. The number of alkyl halides is 2. The Bertz CT molecular complexity index is 540. The molecule has 5 nitrogen and oxygen atoms in total. The quantitative estimate of drug-likeness (QED) is 0.768. The maximum atomic E-state index is 12.3. The van der Waals surface area contributed by atoms with Crippen LogP contribution < -0.4 is 11.2 Å². The van der Waals surface area contributed by atoms with Crippen molar-refractivity contribution in [3.63, 3.8) is 0 Å². The van der Waals surface area contributed by atoms with Crippen LogP contribution in [0, 0.1) is 0 Å². The molecule has 0 atom stereocenters. The van der Waals surface area contributed by atoms with Crippen LogP contribution in [0.5, 0.6) is 0 Å². The van der Waals surface area contributed by atoms with Crippen molar-refractivity contribution < 1.29 is 17.2 Å². The molecule has 0 unspecified atom stereocenters. The van der Waals surface area contributed by atoms with Gasteiger partial charge in [0.2, 0.25) is 5.43 Å². The predicted molar refractivity (Wildman–Crippen MR) is 49.5 cm³/mol. The highest BCUT2D eigenvalue weighted by Gasteiger charge is 2.26. The van der Waals surface area contributed by atoms with Crippen LogP contribution in [0.4, 0.5) is 14.5 Å². The number of aromatic nitrogens is 1. The maximum Gasteiger partial charge on any atom is 0.279 e. The van der Waals surface area contributed by atoms with Crippen LogP contribution in [-0.4, -0.2) is 13.4 Å². The largest absolute Gasteiger partial charge is 0.394 e. The molecule has 84 valence electrons. The van der Waals surface area contributed by atoms with E-state index in [4.69, 9.17) is 16.4 Å². The van der Waals surface area contributed by atoms with Crippen molar-refractivity contribution in [1.29, 1.82) is 0 Å². The minimum absolute atomic E-state index is 0.501. The molecule has 1 heterocycles. The van der Waals surface area contributed by atoms with Crippen molar-refractivity contribution in [3.8, 4) is 0 Å². The summed E-state index contributed by atoms with van der Waals surface area (Å²) in [6, 6.07) is 0. The third-order valence-electron chi connectivity index (χ3n) is 1.56. The lowest BCUT2D eigenvalue weighted by atomic mass is 10.3. The number of pyridine rings is 1. The fourth-order valence-corrected chi connectivity index (χ4v) is 2.15. The van der Waals surface area contributed by atoms with Crippen LogP contribution in [0.15, 0.2) is 15.9 Å². The van der Waals surface area contributed by atoms with Gasteiger partial charge in [0.15, 0.2) is 4.90 Å². The van der Waals surface area contributed by atoms with Gasteiger partial charge in [0.05, 0.1) is 5.69 Å². The first kappa shape index (κ1) is 11.9. The number of aromatic amines is 1. The second kappa shape index (κ2) is 3.78. The minimum atomic E-state index is -4.56. The smallest absolute Gasteiger partial charge is 0.279 e. The number of nitrogens with two attached hydrogens (primary N) is 1. The molecular weight excluding hydrogens is 254 g/mol. The Kier molecular flexibility index (Phi) is 3.00. The lowest BCUT2D eigenvalue weighted by molar-refractivity contribution is 0.142. The van der Waals surface area contributed by atoms with Crippen LogP contribution in [0.2, 0.25) is 0 Å². The molecule has 0 aliphatic rings. The van der Waals surface area contributed by atoms with Crippen LogP contribution in [-0.2, 0) is 9.05 Å². The number of anilines is 1. The summed E-state index contributed by atoms with van der Waals surface area (Å²) in [5, 5.41) is 0. The molecule has 0 fully saturated rings. The summed E-state index contributed by atoms with van der Waals surface area (Å²) < 4.78 is 46.4. The zero-order valence-corrected chi connectivity index (χ0v) is 8.57. The van der Waals surface area contributed by atoms with Gasteiger partial charge in [0.25, 0.3) is 15.5 Å². The number of hydrogen-bond donors (Lipinski definition) is 2. The van der Waals surface area contributed by atoms with E-state index >= 15 is 0 Å². The molecule has 0 amide bonds. The first-order valence-electron chi connectivity index (χ1n) is 3.49. The van der Waals surface area contributed by atoms with E-state index in [2.05, 4.69) is 0 Å². The third kappa shape index (κ3) is 2.26. The highest BCUT2D eigenvalue weighted by atomic mass is 35.7. The van der Waals surface area contributed by atoms with Crippen LogP contribution in [0.1, 0.15) is 12.1 Å². The predicted octanol–water partition coefficient (Wildman–Crippen LogP) is 0.822. The van der Waals surface area contributed by atoms with Crippen molar-refractivity contribution in [2.45, 2.75) is 11.3 Å². The zero-order valence-electron chi connectivity index (χ0n) is 7.00. The average Bonchev–Trinajstić information content (AvgIpc) is 2.06. The molecule has 1 aromatic rings. The molecule has 0 bridgehead atoms. The summed E-state index contributed by atoms with van der Waals surface area (Å²) in [5.74, 6) is 0. The van der Waals surface area contributed by atoms with E-state index < -0.39 is 37.2 Å². The number of nitrogens with one attached hydrogen (secondary N) is 1. The average molecular weight is 259 g/mol. The summed E-state index contributed by atoms with van der Waals surface area (Å²) in [6.07, 6.45) is -2.38. The van der Waals surface area contributed by atoms with Gasteiger partial charge in [0.1, 0.15) is 5.69 Å². The van der Waals surface area contributed by atoms with Crippen LogP contribution in [0.3, 0.4) is 0 Å². The van der Waals surface area contributed by atoms with Gasteiger partial charge in [-0.15, -0.1) is 0 Å². The van der Waals surface area contributed by atoms with E-state index in [0.29, 0.717) is 0 Å². The Morgan fingerprint density at radius 3 is 2.40 bits per heavy atom. The van der Waals surface area contributed by atoms with Gasteiger partial charge in [-0.2, -0.15) is 0 Å². The standard InChI is InChI=1S/C6H5ClF2N2O3S/c7-15(13,14)5-3(6(8)9)11-1-2(10)4(5)12/h1,6H,10H2,(H,11,12). The van der Waals surface area contributed by atoms with Gasteiger partial charge in [-0.3, -0.25) is 4.79 Å². The van der Waals surface area contributed by atoms with Crippen molar-refractivity contribution >= 4 is 25.4 Å². The van der Waals surface area contributed by atoms with Gasteiger partial charge in [0, 0.05) is 16.9 Å². The second-order valence-electron chi connectivity index (χ2n) is 2.55. The lowest BCUT2D eigenvalue weighted by Gasteiger charge is -2.05. The Hall–Kier alpha value is -1.15. The van der Waals surface area contributed by atoms with Gasteiger partial charge in [-0.05, 0) is 0 Å². The summed E-state index contributed by atoms with van der Waals surface area (Å²) in [6.45, 7) is 0. The van der Waals surface area contributed by atoms with Crippen molar-refractivity contribution in [2.24, 2.45) is 0 Å². The van der Waals surface area contributed by atoms with E-state index in [-0.39, 0.29) is 0 Å². The Labute approximate surface area is 87.3 Å². The van der Waals surface area contributed by atoms with Crippen molar-refractivity contribution in [2.75, 3.05) is 5.73 Å². The number of halogens is 3. The summed E-state index contributed by atoms with van der Waals surface area (Å²) in [4.78, 5) is 11.9.